The number of hydrogen-bond donors (Lipinski definition) is 1. The molecule has 1 rings (SSSR count). The zero-order chi connectivity index (χ0) is 12.8. The van der Waals surface area contributed by atoms with Gasteiger partial charge in [-0.2, -0.15) is 5.26 Å². The van der Waals surface area contributed by atoms with E-state index in [0.29, 0.717) is 18.0 Å². The van der Waals surface area contributed by atoms with E-state index in [2.05, 4.69) is 12.6 Å². The van der Waals surface area contributed by atoms with E-state index in [9.17, 15) is 9.18 Å². The summed E-state index contributed by atoms with van der Waals surface area (Å²) >= 11 is 4.07. The summed E-state index contributed by atoms with van der Waals surface area (Å²) in [6.07, 6.45) is 0.238. The van der Waals surface area contributed by atoms with Crippen LogP contribution in [0.4, 0.5) is 4.39 Å². The highest BCUT2D eigenvalue weighted by atomic mass is 32.1. The van der Waals surface area contributed by atoms with Crippen LogP contribution in [0.5, 0.6) is 0 Å². The molecule has 0 spiro atoms. The van der Waals surface area contributed by atoms with Crippen LogP contribution in [0.1, 0.15) is 23.7 Å². The molecule has 0 N–H and O–H groups in total. The molecule has 0 aliphatic rings. The summed E-state index contributed by atoms with van der Waals surface area (Å²) < 4.78 is 13.5. The van der Waals surface area contributed by atoms with Gasteiger partial charge < -0.3 is 4.90 Å². The van der Waals surface area contributed by atoms with Gasteiger partial charge in [0.1, 0.15) is 5.82 Å². The van der Waals surface area contributed by atoms with Gasteiger partial charge in [0.15, 0.2) is 0 Å². The molecule has 0 bridgehead atoms. The summed E-state index contributed by atoms with van der Waals surface area (Å²) in [5.41, 5.74) is -0.00251. The Morgan fingerprint density at radius 3 is 2.88 bits per heavy atom. The van der Waals surface area contributed by atoms with E-state index < -0.39 is 11.7 Å². The van der Waals surface area contributed by atoms with Crippen molar-refractivity contribution in [2.75, 3.05) is 13.1 Å². The molecule has 5 heteroatoms. The van der Waals surface area contributed by atoms with E-state index in [0.717, 1.165) is 0 Å². The van der Waals surface area contributed by atoms with E-state index in [1.54, 1.807) is 6.92 Å². The fourth-order valence-corrected chi connectivity index (χ4v) is 1.64. The molecule has 0 unspecified atom stereocenters. The lowest BCUT2D eigenvalue weighted by molar-refractivity contribution is 0.0763. The summed E-state index contributed by atoms with van der Waals surface area (Å²) in [5, 5.41) is 8.49. The quantitative estimate of drug-likeness (QED) is 0.837. The van der Waals surface area contributed by atoms with Gasteiger partial charge in [-0.1, -0.05) is 0 Å². The van der Waals surface area contributed by atoms with Gasteiger partial charge in [0.2, 0.25) is 0 Å². The van der Waals surface area contributed by atoms with Crippen LogP contribution in [0.15, 0.2) is 23.1 Å². The van der Waals surface area contributed by atoms with Crippen LogP contribution < -0.4 is 0 Å². The van der Waals surface area contributed by atoms with Crippen molar-refractivity contribution < 1.29 is 9.18 Å². The first-order chi connectivity index (χ1) is 8.10. The van der Waals surface area contributed by atoms with Gasteiger partial charge in [0.05, 0.1) is 18.1 Å². The number of benzene rings is 1. The molecule has 0 aromatic heterocycles. The Labute approximate surface area is 105 Å². The standard InChI is InChI=1S/C12H13FN2OS/c1-2-15(7-3-6-14)12(16)10-8-9(17)4-5-11(10)13/h4-5,8,17H,2-3,7H2,1H3. The number of amides is 1. The molecule has 0 aliphatic heterocycles. The maximum Gasteiger partial charge on any atom is 0.256 e. The second-order valence-corrected chi connectivity index (χ2v) is 3.97. The summed E-state index contributed by atoms with van der Waals surface area (Å²) in [5.74, 6) is -0.973. The Kier molecular flexibility index (Phi) is 4.98. The average Bonchev–Trinajstić information content (AvgIpc) is 2.33. The van der Waals surface area contributed by atoms with Gasteiger partial charge in [-0.15, -0.1) is 12.6 Å². The summed E-state index contributed by atoms with van der Waals surface area (Å²) in [6.45, 7) is 2.54. The molecule has 0 radical (unpaired) electrons. The number of nitriles is 1. The number of hydrogen-bond acceptors (Lipinski definition) is 3. The summed E-state index contributed by atoms with van der Waals surface area (Å²) in [7, 11) is 0. The van der Waals surface area contributed by atoms with Gasteiger partial charge in [-0.3, -0.25) is 4.79 Å². The molecule has 1 aromatic rings. The maximum atomic E-state index is 13.5. The Hall–Kier alpha value is -1.54. The smallest absolute Gasteiger partial charge is 0.256 e. The molecule has 17 heavy (non-hydrogen) atoms. The zero-order valence-electron chi connectivity index (χ0n) is 9.48. The van der Waals surface area contributed by atoms with Crippen LogP contribution in [0, 0.1) is 17.1 Å². The Morgan fingerprint density at radius 2 is 2.29 bits per heavy atom. The number of nitrogens with zero attached hydrogens (tertiary/aromatic N) is 2. The van der Waals surface area contributed by atoms with Crippen molar-refractivity contribution in [2.24, 2.45) is 0 Å². The van der Waals surface area contributed by atoms with Crippen LogP contribution in [-0.4, -0.2) is 23.9 Å². The maximum absolute atomic E-state index is 13.5. The first-order valence-electron chi connectivity index (χ1n) is 5.25. The number of carbonyl (C=O) groups is 1. The molecule has 0 atom stereocenters. The van der Waals surface area contributed by atoms with Crippen molar-refractivity contribution in [2.45, 2.75) is 18.2 Å². The lowest BCUT2D eigenvalue weighted by Crippen LogP contribution is -2.32. The Morgan fingerprint density at radius 1 is 1.59 bits per heavy atom. The van der Waals surface area contributed by atoms with Crippen molar-refractivity contribution in [3.05, 3.63) is 29.6 Å². The number of thiol groups is 1. The molecule has 3 nitrogen and oxygen atoms in total. The van der Waals surface area contributed by atoms with Crippen LogP contribution >= 0.6 is 12.6 Å². The van der Waals surface area contributed by atoms with Crippen LogP contribution in [0.2, 0.25) is 0 Å². The normalized spacial score (nSPS) is 9.76. The predicted octanol–water partition coefficient (Wildman–Crippen LogP) is 2.49. The molecule has 90 valence electrons. The molecule has 0 saturated heterocycles. The van der Waals surface area contributed by atoms with Crippen molar-refractivity contribution in [3.8, 4) is 6.07 Å². The fraction of sp³-hybridized carbons (Fsp3) is 0.333. The van der Waals surface area contributed by atoms with Crippen molar-refractivity contribution in [3.63, 3.8) is 0 Å². The molecular weight excluding hydrogens is 239 g/mol. The first-order valence-corrected chi connectivity index (χ1v) is 5.69. The van der Waals surface area contributed by atoms with E-state index >= 15 is 0 Å². The third-order valence-corrected chi connectivity index (χ3v) is 2.62. The Balaban J connectivity index is 2.94. The SMILES string of the molecule is CCN(CCC#N)C(=O)c1cc(S)ccc1F. The third kappa shape index (κ3) is 3.46. The molecule has 1 amide bonds. The van der Waals surface area contributed by atoms with Gasteiger partial charge >= 0.3 is 0 Å². The highest BCUT2D eigenvalue weighted by Gasteiger charge is 2.17. The van der Waals surface area contributed by atoms with Crippen LogP contribution in [-0.2, 0) is 0 Å². The number of rotatable bonds is 4. The van der Waals surface area contributed by atoms with Crippen LogP contribution in [0.25, 0.3) is 0 Å². The second-order valence-electron chi connectivity index (χ2n) is 3.46. The van der Waals surface area contributed by atoms with Crippen LogP contribution in [0.3, 0.4) is 0 Å². The lowest BCUT2D eigenvalue weighted by Gasteiger charge is -2.19. The third-order valence-electron chi connectivity index (χ3n) is 2.34. The molecule has 0 heterocycles. The molecule has 0 fully saturated rings. The second kappa shape index (κ2) is 6.26. The first kappa shape index (κ1) is 13.5. The fourth-order valence-electron chi connectivity index (χ4n) is 1.44. The number of carbonyl (C=O) groups excluding carboxylic acids is 1. The predicted molar refractivity (Wildman–Crippen MR) is 65.5 cm³/mol. The number of halogens is 1. The summed E-state index contributed by atoms with van der Waals surface area (Å²) in [4.78, 5) is 14.0. The largest absolute Gasteiger partial charge is 0.338 e. The van der Waals surface area contributed by atoms with E-state index in [1.807, 2.05) is 6.07 Å². The van der Waals surface area contributed by atoms with Gasteiger partial charge in [0.25, 0.3) is 5.91 Å². The molecule has 1 aromatic carbocycles. The summed E-state index contributed by atoms with van der Waals surface area (Å²) in [6, 6.07) is 6.06. The minimum Gasteiger partial charge on any atom is -0.338 e. The van der Waals surface area contributed by atoms with E-state index in [1.165, 1.54) is 23.1 Å². The minimum absolute atomic E-state index is 0.00251. The lowest BCUT2D eigenvalue weighted by atomic mass is 10.2. The highest BCUT2D eigenvalue weighted by molar-refractivity contribution is 7.80. The topological polar surface area (TPSA) is 44.1 Å². The molecule has 0 saturated carbocycles. The van der Waals surface area contributed by atoms with E-state index in [4.69, 9.17) is 5.26 Å². The highest BCUT2D eigenvalue weighted by Crippen LogP contribution is 2.15. The van der Waals surface area contributed by atoms with Gasteiger partial charge in [-0.25, -0.2) is 4.39 Å². The zero-order valence-corrected chi connectivity index (χ0v) is 10.4. The van der Waals surface area contributed by atoms with Gasteiger partial charge in [-0.05, 0) is 25.1 Å². The van der Waals surface area contributed by atoms with Crippen molar-refractivity contribution in [1.82, 2.24) is 4.90 Å². The monoisotopic (exact) mass is 252 g/mol. The Bertz CT molecular complexity index is 456. The molecule has 0 aliphatic carbocycles. The van der Waals surface area contributed by atoms with Gasteiger partial charge in [0, 0.05) is 18.0 Å². The average molecular weight is 252 g/mol. The molecular formula is C12H13FN2OS. The van der Waals surface area contributed by atoms with Crippen molar-refractivity contribution >= 4 is 18.5 Å². The van der Waals surface area contributed by atoms with E-state index in [-0.39, 0.29) is 12.0 Å². The minimum atomic E-state index is -0.566. The van der Waals surface area contributed by atoms with Crippen molar-refractivity contribution in [1.29, 1.82) is 5.26 Å².